The fraction of sp³-hybridized carbons (Fsp3) is 0.632. The minimum absolute atomic E-state index is 0. The first kappa shape index (κ1) is 22.2. The van der Waals surface area contributed by atoms with Gasteiger partial charge in [0, 0.05) is 31.3 Å². The van der Waals surface area contributed by atoms with Crippen molar-refractivity contribution in [2.45, 2.75) is 51.1 Å². The van der Waals surface area contributed by atoms with E-state index in [1.807, 2.05) is 6.07 Å². The second kappa shape index (κ2) is 11.7. The zero-order chi connectivity index (χ0) is 17.3. The van der Waals surface area contributed by atoms with Gasteiger partial charge < -0.3 is 21.1 Å². The number of ether oxygens (including phenoxy) is 1. The Labute approximate surface area is 169 Å². The quantitative estimate of drug-likeness (QED) is 0.241. The molecule has 6 heteroatoms. The summed E-state index contributed by atoms with van der Waals surface area (Å²) in [6, 6.07) is 10.8. The number of hydrogen-bond acceptors (Lipinski definition) is 3. The van der Waals surface area contributed by atoms with Gasteiger partial charge in [-0.15, -0.1) is 24.0 Å². The van der Waals surface area contributed by atoms with Crippen molar-refractivity contribution in [2.24, 2.45) is 10.7 Å². The number of guanidine groups is 1. The molecular weight excluding hydrogens is 427 g/mol. The van der Waals surface area contributed by atoms with Gasteiger partial charge in [0.25, 0.3) is 0 Å². The predicted octanol–water partition coefficient (Wildman–Crippen LogP) is 3.21. The van der Waals surface area contributed by atoms with E-state index >= 15 is 0 Å². The Hall–Kier alpha value is -0.860. The van der Waals surface area contributed by atoms with Crippen LogP contribution in [0.5, 0.6) is 0 Å². The summed E-state index contributed by atoms with van der Waals surface area (Å²) in [5.41, 5.74) is 7.25. The van der Waals surface area contributed by atoms with Crippen molar-refractivity contribution in [3.63, 3.8) is 0 Å². The van der Waals surface area contributed by atoms with Crippen LogP contribution in [0.25, 0.3) is 0 Å². The highest BCUT2D eigenvalue weighted by Crippen LogP contribution is 2.25. The van der Waals surface area contributed by atoms with Crippen molar-refractivity contribution in [2.75, 3.05) is 26.3 Å². The molecule has 1 aliphatic rings. The highest BCUT2D eigenvalue weighted by atomic mass is 127. The van der Waals surface area contributed by atoms with Crippen LogP contribution in [-0.2, 0) is 4.74 Å². The third-order valence-electron chi connectivity index (χ3n) is 4.66. The number of benzene rings is 1. The topological polar surface area (TPSA) is 71.7 Å². The maximum Gasteiger partial charge on any atom is 0.188 e. The van der Waals surface area contributed by atoms with Crippen molar-refractivity contribution < 1.29 is 4.74 Å². The van der Waals surface area contributed by atoms with E-state index in [4.69, 9.17) is 10.5 Å². The summed E-state index contributed by atoms with van der Waals surface area (Å²) in [6.45, 7) is 7.48. The largest absolute Gasteiger partial charge is 0.381 e. The smallest absolute Gasteiger partial charge is 0.188 e. The fourth-order valence-electron chi connectivity index (χ4n) is 3.08. The monoisotopic (exact) mass is 460 g/mol. The first-order chi connectivity index (χ1) is 11.7. The van der Waals surface area contributed by atoms with E-state index < -0.39 is 0 Å². The number of hydrogen-bond donors (Lipinski definition) is 3. The predicted molar refractivity (Wildman–Crippen MR) is 116 cm³/mol. The molecule has 1 fully saturated rings. The van der Waals surface area contributed by atoms with E-state index in [1.54, 1.807) is 0 Å². The lowest BCUT2D eigenvalue weighted by molar-refractivity contribution is 0.0374. The molecule has 0 amide bonds. The van der Waals surface area contributed by atoms with Crippen molar-refractivity contribution in [1.29, 1.82) is 0 Å². The maximum atomic E-state index is 6.01. The van der Waals surface area contributed by atoms with E-state index in [0.717, 1.165) is 45.4 Å². The van der Waals surface area contributed by atoms with Crippen LogP contribution in [0.3, 0.4) is 0 Å². The van der Waals surface area contributed by atoms with Crippen LogP contribution < -0.4 is 16.4 Å². The van der Waals surface area contributed by atoms with Crippen molar-refractivity contribution in [3.8, 4) is 0 Å². The van der Waals surface area contributed by atoms with Gasteiger partial charge >= 0.3 is 0 Å². The van der Waals surface area contributed by atoms with E-state index in [2.05, 4.69) is 53.7 Å². The van der Waals surface area contributed by atoms with E-state index in [0.29, 0.717) is 12.5 Å². The van der Waals surface area contributed by atoms with Crippen LogP contribution in [0.15, 0.2) is 35.3 Å². The van der Waals surface area contributed by atoms with Gasteiger partial charge in [-0.2, -0.15) is 0 Å². The van der Waals surface area contributed by atoms with Gasteiger partial charge in [0.15, 0.2) is 5.96 Å². The number of aliphatic imine (C=N–C) groups is 1. The average molecular weight is 460 g/mol. The number of nitrogens with zero attached hydrogens (tertiary/aromatic N) is 1. The lowest BCUT2D eigenvalue weighted by atomic mass is 9.88. The molecule has 4 N–H and O–H groups in total. The Balaban J connectivity index is 0.00000312. The summed E-state index contributed by atoms with van der Waals surface area (Å²) in [6.07, 6.45) is 4.17. The number of halogens is 1. The molecule has 1 aromatic carbocycles. The molecule has 0 aliphatic carbocycles. The number of nitrogens with one attached hydrogen (secondary N) is 2. The molecular formula is C19H33IN4O. The highest BCUT2D eigenvalue weighted by Gasteiger charge is 2.33. The van der Waals surface area contributed by atoms with Gasteiger partial charge in [0.2, 0.25) is 0 Å². The van der Waals surface area contributed by atoms with Crippen LogP contribution in [0, 0.1) is 0 Å². The second-order valence-electron chi connectivity index (χ2n) is 6.65. The SMILES string of the molecule is CCCCNC(N)=NCC1(NC(C)c2ccccc2)CCOCC1.I. The molecule has 142 valence electrons. The molecule has 1 heterocycles. The first-order valence-electron chi connectivity index (χ1n) is 9.09. The van der Waals surface area contributed by atoms with E-state index in [1.165, 1.54) is 5.56 Å². The Bertz CT molecular complexity index is 503. The Morgan fingerprint density at radius 1 is 1.28 bits per heavy atom. The van der Waals surface area contributed by atoms with Crippen molar-refractivity contribution >= 4 is 29.9 Å². The molecule has 2 rings (SSSR count). The zero-order valence-corrected chi connectivity index (χ0v) is 17.8. The Morgan fingerprint density at radius 2 is 1.96 bits per heavy atom. The molecule has 1 aliphatic heterocycles. The van der Waals surface area contributed by atoms with Gasteiger partial charge in [0.1, 0.15) is 0 Å². The third-order valence-corrected chi connectivity index (χ3v) is 4.66. The van der Waals surface area contributed by atoms with Crippen LogP contribution in [0.1, 0.15) is 51.1 Å². The maximum absolute atomic E-state index is 6.01. The molecule has 5 nitrogen and oxygen atoms in total. The average Bonchev–Trinajstić information content (AvgIpc) is 2.62. The molecule has 0 aromatic heterocycles. The van der Waals surface area contributed by atoms with Crippen LogP contribution in [0.4, 0.5) is 0 Å². The molecule has 0 saturated carbocycles. The first-order valence-corrected chi connectivity index (χ1v) is 9.09. The minimum atomic E-state index is -0.0510. The van der Waals surface area contributed by atoms with E-state index in [-0.39, 0.29) is 35.6 Å². The van der Waals surface area contributed by atoms with Crippen molar-refractivity contribution in [1.82, 2.24) is 10.6 Å². The summed E-state index contributed by atoms with van der Waals surface area (Å²) < 4.78 is 5.56. The van der Waals surface area contributed by atoms with Crippen LogP contribution >= 0.6 is 24.0 Å². The molecule has 1 aromatic rings. The molecule has 0 spiro atoms. The Morgan fingerprint density at radius 3 is 2.60 bits per heavy atom. The number of rotatable bonds is 8. The van der Waals surface area contributed by atoms with Gasteiger partial charge in [-0.25, -0.2) is 0 Å². The van der Waals surface area contributed by atoms with Gasteiger partial charge in [0.05, 0.1) is 6.54 Å². The molecule has 25 heavy (non-hydrogen) atoms. The lowest BCUT2D eigenvalue weighted by Gasteiger charge is -2.39. The summed E-state index contributed by atoms with van der Waals surface area (Å²) in [5.74, 6) is 0.545. The minimum Gasteiger partial charge on any atom is -0.381 e. The normalized spacial score (nSPS) is 18.2. The number of nitrogens with two attached hydrogens (primary N) is 1. The molecule has 0 radical (unpaired) electrons. The van der Waals surface area contributed by atoms with Crippen LogP contribution in [0.2, 0.25) is 0 Å². The van der Waals surface area contributed by atoms with Gasteiger partial charge in [-0.1, -0.05) is 43.7 Å². The van der Waals surface area contributed by atoms with Gasteiger partial charge in [-0.05, 0) is 31.7 Å². The summed E-state index contributed by atoms with van der Waals surface area (Å²) in [4.78, 5) is 4.60. The molecule has 0 bridgehead atoms. The lowest BCUT2D eigenvalue weighted by Crippen LogP contribution is -2.53. The summed E-state index contributed by atoms with van der Waals surface area (Å²) in [7, 11) is 0. The second-order valence-corrected chi connectivity index (χ2v) is 6.65. The van der Waals surface area contributed by atoms with Crippen molar-refractivity contribution in [3.05, 3.63) is 35.9 Å². The van der Waals surface area contributed by atoms with Crippen LogP contribution in [-0.4, -0.2) is 37.8 Å². The Kier molecular flexibility index (Phi) is 10.4. The molecule has 1 unspecified atom stereocenters. The zero-order valence-electron chi connectivity index (χ0n) is 15.5. The molecule has 1 saturated heterocycles. The number of unbranched alkanes of at least 4 members (excludes halogenated alkanes) is 1. The summed E-state index contributed by atoms with van der Waals surface area (Å²) in [5, 5.41) is 6.99. The van der Waals surface area contributed by atoms with E-state index in [9.17, 15) is 0 Å². The highest BCUT2D eigenvalue weighted by molar-refractivity contribution is 14.0. The van der Waals surface area contributed by atoms with Gasteiger partial charge in [-0.3, -0.25) is 4.99 Å². The summed E-state index contributed by atoms with van der Waals surface area (Å²) >= 11 is 0. The third kappa shape index (κ3) is 7.50. The standard InChI is InChI=1S/C19H32N4O.HI/c1-3-4-12-21-18(20)22-15-19(10-13-24-14-11-19)23-16(2)17-8-6-5-7-9-17;/h5-9,16,23H,3-4,10-15H2,1-2H3,(H3,20,21,22);1H. The molecule has 1 atom stereocenters. The fourth-order valence-corrected chi connectivity index (χ4v) is 3.08.